The fraction of sp³-hybridized carbons (Fsp3) is 0.435. The van der Waals surface area contributed by atoms with Gasteiger partial charge in [0.15, 0.2) is 0 Å². The number of benzene rings is 2. The third-order valence-electron chi connectivity index (χ3n) is 5.46. The first-order chi connectivity index (χ1) is 13.7. The molecule has 5 heteroatoms. The molecule has 2 aromatic carbocycles. The van der Waals surface area contributed by atoms with E-state index in [0.29, 0.717) is 6.54 Å². The molecule has 1 aliphatic heterocycles. The van der Waals surface area contributed by atoms with Crippen molar-refractivity contribution >= 4 is 5.91 Å². The number of amides is 1. The van der Waals surface area contributed by atoms with E-state index in [-0.39, 0.29) is 11.9 Å². The lowest BCUT2D eigenvalue weighted by molar-refractivity contribution is -0.126. The summed E-state index contributed by atoms with van der Waals surface area (Å²) >= 11 is 0. The summed E-state index contributed by atoms with van der Waals surface area (Å²) < 4.78 is 5.17. The standard InChI is InChI=1S/C23H31N3O2/c1-19(23(27)24-13-12-20-8-10-22(28-2)11-9-20)26-16-14-25(15-17-26)18-21-6-4-3-5-7-21/h3-11,19H,12-18H2,1-2H3,(H,24,27)/t19-/m1/s1. The van der Waals surface area contributed by atoms with Gasteiger partial charge in [0.2, 0.25) is 5.91 Å². The normalized spacial score (nSPS) is 16.5. The van der Waals surface area contributed by atoms with Crippen molar-refractivity contribution in [1.29, 1.82) is 0 Å². The Morgan fingerprint density at radius 3 is 2.32 bits per heavy atom. The smallest absolute Gasteiger partial charge is 0.237 e. The summed E-state index contributed by atoms with van der Waals surface area (Å²) in [5.41, 5.74) is 2.54. The fourth-order valence-corrected chi connectivity index (χ4v) is 3.59. The Hall–Kier alpha value is -2.37. The van der Waals surface area contributed by atoms with Crippen molar-refractivity contribution in [3.63, 3.8) is 0 Å². The Labute approximate surface area is 168 Å². The zero-order valence-corrected chi connectivity index (χ0v) is 16.9. The van der Waals surface area contributed by atoms with Crippen LogP contribution in [0.5, 0.6) is 5.75 Å². The van der Waals surface area contributed by atoms with Crippen molar-refractivity contribution in [3.05, 3.63) is 65.7 Å². The number of methoxy groups -OCH3 is 1. The van der Waals surface area contributed by atoms with Gasteiger partial charge in [-0.15, -0.1) is 0 Å². The highest BCUT2D eigenvalue weighted by Crippen LogP contribution is 2.12. The van der Waals surface area contributed by atoms with Crippen LogP contribution in [0.25, 0.3) is 0 Å². The number of nitrogens with zero attached hydrogens (tertiary/aromatic N) is 2. The van der Waals surface area contributed by atoms with Crippen LogP contribution < -0.4 is 10.1 Å². The lowest BCUT2D eigenvalue weighted by Crippen LogP contribution is -2.53. The van der Waals surface area contributed by atoms with Crippen molar-refractivity contribution < 1.29 is 9.53 Å². The highest BCUT2D eigenvalue weighted by molar-refractivity contribution is 5.81. The van der Waals surface area contributed by atoms with E-state index in [1.165, 1.54) is 11.1 Å². The van der Waals surface area contributed by atoms with Crippen molar-refractivity contribution in [2.24, 2.45) is 0 Å². The second kappa shape index (κ2) is 10.2. The molecular weight excluding hydrogens is 350 g/mol. The van der Waals surface area contributed by atoms with Gasteiger partial charge in [0.1, 0.15) is 5.75 Å². The Morgan fingerprint density at radius 1 is 1.00 bits per heavy atom. The van der Waals surface area contributed by atoms with Crippen LogP contribution in [0.3, 0.4) is 0 Å². The van der Waals surface area contributed by atoms with Gasteiger partial charge in [-0.3, -0.25) is 14.6 Å². The highest BCUT2D eigenvalue weighted by Gasteiger charge is 2.25. The van der Waals surface area contributed by atoms with Gasteiger partial charge in [0, 0.05) is 39.3 Å². The van der Waals surface area contributed by atoms with Gasteiger partial charge in [-0.2, -0.15) is 0 Å². The number of hydrogen-bond acceptors (Lipinski definition) is 4. The van der Waals surface area contributed by atoms with E-state index in [2.05, 4.69) is 45.4 Å². The molecule has 0 bridgehead atoms. The molecule has 0 aliphatic carbocycles. The SMILES string of the molecule is COc1ccc(CCNC(=O)[C@@H](C)N2CCN(Cc3ccccc3)CC2)cc1. The maximum absolute atomic E-state index is 12.5. The predicted octanol–water partition coefficient (Wildman–Crippen LogP) is 2.56. The van der Waals surface area contributed by atoms with Gasteiger partial charge >= 0.3 is 0 Å². The average molecular weight is 382 g/mol. The van der Waals surface area contributed by atoms with Crippen LogP contribution >= 0.6 is 0 Å². The van der Waals surface area contributed by atoms with E-state index in [4.69, 9.17) is 4.74 Å². The molecule has 1 fully saturated rings. The Balaban J connectivity index is 1.37. The molecular formula is C23H31N3O2. The number of ether oxygens (including phenoxy) is 1. The van der Waals surface area contributed by atoms with Crippen LogP contribution in [-0.4, -0.2) is 61.6 Å². The summed E-state index contributed by atoms with van der Waals surface area (Å²) in [6.07, 6.45) is 0.827. The monoisotopic (exact) mass is 381 g/mol. The minimum atomic E-state index is -0.0882. The molecule has 5 nitrogen and oxygen atoms in total. The molecule has 1 atom stereocenters. The van der Waals surface area contributed by atoms with Crippen LogP contribution in [-0.2, 0) is 17.8 Å². The predicted molar refractivity (Wildman–Crippen MR) is 112 cm³/mol. The number of rotatable bonds is 8. The van der Waals surface area contributed by atoms with Crippen molar-refractivity contribution in [2.45, 2.75) is 25.9 Å². The van der Waals surface area contributed by atoms with Gasteiger partial charge < -0.3 is 10.1 Å². The summed E-state index contributed by atoms with van der Waals surface area (Å²) in [5.74, 6) is 0.970. The van der Waals surface area contributed by atoms with E-state index in [1.807, 2.05) is 31.2 Å². The number of hydrogen-bond donors (Lipinski definition) is 1. The molecule has 0 spiro atoms. The first-order valence-electron chi connectivity index (χ1n) is 10.1. The molecule has 3 rings (SSSR count). The molecule has 2 aromatic rings. The minimum Gasteiger partial charge on any atom is -0.497 e. The third kappa shape index (κ3) is 5.81. The minimum absolute atomic E-state index is 0.0882. The molecule has 28 heavy (non-hydrogen) atoms. The summed E-state index contributed by atoms with van der Waals surface area (Å²) in [6, 6.07) is 18.5. The number of piperazine rings is 1. The number of carbonyl (C=O) groups is 1. The Morgan fingerprint density at radius 2 is 1.68 bits per heavy atom. The first-order valence-corrected chi connectivity index (χ1v) is 10.1. The Bertz CT molecular complexity index is 725. The van der Waals surface area contributed by atoms with E-state index >= 15 is 0 Å². The molecule has 0 aromatic heterocycles. The topological polar surface area (TPSA) is 44.8 Å². The molecule has 1 saturated heterocycles. The molecule has 1 aliphatic rings. The van der Waals surface area contributed by atoms with Gasteiger partial charge in [-0.1, -0.05) is 42.5 Å². The van der Waals surface area contributed by atoms with Crippen molar-refractivity contribution in [1.82, 2.24) is 15.1 Å². The highest BCUT2D eigenvalue weighted by atomic mass is 16.5. The van der Waals surface area contributed by atoms with Crippen LogP contribution in [0.2, 0.25) is 0 Å². The first kappa shape index (κ1) is 20.4. The largest absolute Gasteiger partial charge is 0.497 e. The summed E-state index contributed by atoms with van der Waals surface area (Å²) in [6.45, 7) is 7.51. The quantitative estimate of drug-likeness (QED) is 0.763. The molecule has 1 amide bonds. The van der Waals surface area contributed by atoms with Crippen LogP contribution in [0, 0.1) is 0 Å². The molecule has 1 N–H and O–H groups in total. The fourth-order valence-electron chi connectivity index (χ4n) is 3.59. The van der Waals surface area contributed by atoms with E-state index in [9.17, 15) is 4.79 Å². The average Bonchev–Trinajstić information content (AvgIpc) is 2.75. The second-order valence-electron chi connectivity index (χ2n) is 7.36. The maximum atomic E-state index is 12.5. The third-order valence-corrected chi connectivity index (χ3v) is 5.46. The zero-order chi connectivity index (χ0) is 19.8. The van der Waals surface area contributed by atoms with Gasteiger partial charge in [-0.05, 0) is 36.6 Å². The lowest BCUT2D eigenvalue weighted by Gasteiger charge is -2.37. The van der Waals surface area contributed by atoms with Crippen molar-refractivity contribution in [3.8, 4) is 5.75 Å². The van der Waals surface area contributed by atoms with Gasteiger partial charge in [-0.25, -0.2) is 0 Å². The van der Waals surface area contributed by atoms with Crippen molar-refractivity contribution in [2.75, 3.05) is 39.8 Å². The van der Waals surface area contributed by atoms with E-state index < -0.39 is 0 Å². The number of nitrogens with one attached hydrogen (secondary N) is 1. The van der Waals surface area contributed by atoms with E-state index in [0.717, 1.165) is 44.9 Å². The van der Waals surface area contributed by atoms with Crippen LogP contribution in [0.4, 0.5) is 0 Å². The summed E-state index contributed by atoms with van der Waals surface area (Å²) in [4.78, 5) is 17.3. The molecule has 150 valence electrons. The van der Waals surface area contributed by atoms with Crippen LogP contribution in [0.1, 0.15) is 18.1 Å². The van der Waals surface area contributed by atoms with E-state index in [1.54, 1.807) is 7.11 Å². The van der Waals surface area contributed by atoms with Gasteiger partial charge in [0.05, 0.1) is 13.2 Å². The lowest BCUT2D eigenvalue weighted by atomic mass is 10.1. The van der Waals surface area contributed by atoms with Gasteiger partial charge in [0.25, 0.3) is 0 Å². The summed E-state index contributed by atoms with van der Waals surface area (Å²) in [5, 5.41) is 3.08. The number of carbonyl (C=O) groups excluding carboxylic acids is 1. The molecule has 0 unspecified atom stereocenters. The Kier molecular flexibility index (Phi) is 7.46. The second-order valence-corrected chi connectivity index (χ2v) is 7.36. The zero-order valence-electron chi connectivity index (χ0n) is 16.9. The molecule has 0 saturated carbocycles. The molecule has 1 heterocycles. The summed E-state index contributed by atoms with van der Waals surface area (Å²) in [7, 11) is 1.66. The molecule has 0 radical (unpaired) electrons. The maximum Gasteiger partial charge on any atom is 0.237 e. The van der Waals surface area contributed by atoms with Crippen LogP contribution in [0.15, 0.2) is 54.6 Å².